The molecule has 4 unspecified atom stereocenters. The van der Waals surface area contributed by atoms with Crippen molar-refractivity contribution in [2.24, 2.45) is 17.2 Å². The van der Waals surface area contributed by atoms with Crippen molar-refractivity contribution in [3.8, 4) is 5.75 Å². The Balaban J connectivity index is 3.02. The van der Waals surface area contributed by atoms with Crippen molar-refractivity contribution in [2.75, 3.05) is 0 Å². The molecule has 14 nitrogen and oxygen atoms in total. The van der Waals surface area contributed by atoms with Crippen LogP contribution in [-0.4, -0.2) is 69.9 Å². The lowest BCUT2D eigenvalue weighted by atomic mass is 10.0. The minimum atomic E-state index is -1.58. The van der Waals surface area contributed by atoms with Gasteiger partial charge in [0.05, 0.1) is 12.5 Å². The average Bonchev–Trinajstić information content (AvgIpc) is 2.76. The number of carboxylic acids is 1. The molecule has 11 N–H and O–H groups in total. The Bertz CT molecular complexity index is 950. The molecule has 5 amide bonds. The van der Waals surface area contributed by atoms with Gasteiger partial charge in [-0.2, -0.15) is 0 Å². The number of hydrogen-bond acceptors (Lipinski definition) is 8. The van der Waals surface area contributed by atoms with E-state index < -0.39 is 66.1 Å². The largest absolute Gasteiger partial charge is 0.508 e. The van der Waals surface area contributed by atoms with E-state index in [0.29, 0.717) is 5.56 Å². The van der Waals surface area contributed by atoms with E-state index in [-0.39, 0.29) is 25.0 Å². The molecule has 0 radical (unpaired) electrons. The number of aromatic hydroxyl groups is 1. The summed E-state index contributed by atoms with van der Waals surface area (Å²) < 4.78 is 0. The van der Waals surface area contributed by atoms with Crippen molar-refractivity contribution in [3.63, 3.8) is 0 Å². The van der Waals surface area contributed by atoms with Crippen LogP contribution in [0.3, 0.4) is 0 Å². The summed E-state index contributed by atoms with van der Waals surface area (Å²) in [4.78, 5) is 71.8. The van der Waals surface area contributed by atoms with Crippen molar-refractivity contribution in [2.45, 2.75) is 56.8 Å². The highest BCUT2D eigenvalue weighted by Gasteiger charge is 2.31. The molecule has 0 bridgehead atoms. The Morgan fingerprint density at radius 2 is 1.34 bits per heavy atom. The third-order valence-electron chi connectivity index (χ3n) is 4.75. The standard InChI is InChI=1S/C21H30N6O8/c1-10(22)18(31)25-13(6-7-16(23)29)19(32)26-14(9-17(24)30)20(33)27-15(21(34)35)8-11-2-4-12(28)5-3-11/h2-5,10,13-15,28H,6-9,22H2,1H3,(H2,23,29)(H2,24,30)(H,25,31)(H,26,32)(H,27,33)(H,34,35). The minimum absolute atomic E-state index is 0.0316. The van der Waals surface area contributed by atoms with Crippen molar-refractivity contribution in [1.82, 2.24) is 16.0 Å². The first-order valence-electron chi connectivity index (χ1n) is 10.5. The highest BCUT2D eigenvalue weighted by Crippen LogP contribution is 2.12. The number of phenols is 1. The van der Waals surface area contributed by atoms with E-state index in [1.54, 1.807) is 0 Å². The van der Waals surface area contributed by atoms with Crippen LogP contribution in [0.1, 0.15) is 31.7 Å². The molecule has 192 valence electrons. The summed E-state index contributed by atoms with van der Waals surface area (Å²) >= 11 is 0. The normalized spacial score (nSPS) is 14.0. The number of primary amides is 2. The van der Waals surface area contributed by atoms with E-state index in [1.807, 2.05) is 0 Å². The molecule has 14 heteroatoms. The fraction of sp³-hybridized carbons (Fsp3) is 0.429. The van der Waals surface area contributed by atoms with Crippen molar-refractivity contribution in [1.29, 1.82) is 0 Å². The van der Waals surface area contributed by atoms with Gasteiger partial charge in [0, 0.05) is 12.8 Å². The first-order valence-corrected chi connectivity index (χ1v) is 10.5. The summed E-state index contributed by atoms with van der Waals surface area (Å²) in [5.41, 5.74) is 16.2. The Kier molecular flexibility index (Phi) is 11.1. The van der Waals surface area contributed by atoms with Crippen LogP contribution in [0.15, 0.2) is 24.3 Å². The number of carbonyl (C=O) groups is 6. The number of hydrogen-bond donors (Lipinski definition) is 8. The summed E-state index contributed by atoms with van der Waals surface area (Å²) in [6.45, 7) is 1.36. The smallest absolute Gasteiger partial charge is 0.326 e. The Morgan fingerprint density at radius 1 is 0.829 bits per heavy atom. The molecule has 0 spiro atoms. The number of aliphatic carboxylic acids is 1. The van der Waals surface area contributed by atoms with E-state index in [4.69, 9.17) is 17.2 Å². The highest BCUT2D eigenvalue weighted by atomic mass is 16.4. The van der Waals surface area contributed by atoms with Gasteiger partial charge in [0.1, 0.15) is 23.9 Å². The first-order chi connectivity index (χ1) is 16.3. The SMILES string of the molecule is CC(N)C(=O)NC(CCC(N)=O)C(=O)NC(CC(N)=O)C(=O)NC(Cc1ccc(O)cc1)C(=O)O. The average molecular weight is 495 g/mol. The molecule has 0 aliphatic carbocycles. The lowest BCUT2D eigenvalue weighted by Crippen LogP contribution is -2.57. The zero-order chi connectivity index (χ0) is 26.7. The van der Waals surface area contributed by atoms with E-state index in [9.17, 15) is 39.0 Å². The number of benzene rings is 1. The summed E-state index contributed by atoms with van der Waals surface area (Å²) in [6.07, 6.45) is -1.34. The molecular formula is C21H30N6O8. The van der Waals surface area contributed by atoms with Gasteiger partial charge < -0.3 is 43.4 Å². The predicted molar refractivity (Wildman–Crippen MR) is 121 cm³/mol. The van der Waals surface area contributed by atoms with Gasteiger partial charge in [-0.15, -0.1) is 0 Å². The summed E-state index contributed by atoms with van der Waals surface area (Å²) in [7, 11) is 0. The predicted octanol–water partition coefficient (Wildman–Crippen LogP) is -3.04. The zero-order valence-electron chi connectivity index (χ0n) is 19.0. The summed E-state index contributed by atoms with van der Waals surface area (Å²) in [5, 5.41) is 25.7. The van der Waals surface area contributed by atoms with E-state index in [2.05, 4.69) is 16.0 Å². The highest BCUT2D eigenvalue weighted by molar-refractivity contribution is 5.96. The fourth-order valence-corrected chi connectivity index (χ4v) is 2.88. The number of rotatable bonds is 14. The lowest BCUT2D eigenvalue weighted by Gasteiger charge is -2.24. The van der Waals surface area contributed by atoms with Gasteiger partial charge in [-0.1, -0.05) is 12.1 Å². The minimum Gasteiger partial charge on any atom is -0.508 e. The van der Waals surface area contributed by atoms with Crippen LogP contribution in [0.4, 0.5) is 0 Å². The van der Waals surface area contributed by atoms with Gasteiger partial charge >= 0.3 is 5.97 Å². The quantitative estimate of drug-likeness (QED) is 0.130. The maximum absolute atomic E-state index is 12.8. The molecule has 0 aliphatic rings. The van der Waals surface area contributed by atoms with Crippen LogP contribution in [0, 0.1) is 0 Å². The lowest BCUT2D eigenvalue weighted by molar-refractivity contribution is -0.142. The van der Waals surface area contributed by atoms with Crippen molar-refractivity contribution in [3.05, 3.63) is 29.8 Å². The Hall–Kier alpha value is -4.20. The van der Waals surface area contributed by atoms with Crippen LogP contribution in [0.25, 0.3) is 0 Å². The van der Waals surface area contributed by atoms with Crippen LogP contribution < -0.4 is 33.2 Å². The first kappa shape index (κ1) is 28.8. The number of nitrogens with two attached hydrogens (primary N) is 3. The van der Waals surface area contributed by atoms with Gasteiger partial charge in [0.15, 0.2) is 0 Å². The monoisotopic (exact) mass is 494 g/mol. The van der Waals surface area contributed by atoms with Gasteiger partial charge in [-0.3, -0.25) is 24.0 Å². The molecule has 0 aliphatic heterocycles. The second-order valence-electron chi connectivity index (χ2n) is 7.86. The fourth-order valence-electron chi connectivity index (χ4n) is 2.88. The van der Waals surface area contributed by atoms with E-state index >= 15 is 0 Å². The second-order valence-corrected chi connectivity index (χ2v) is 7.86. The maximum atomic E-state index is 12.8. The second kappa shape index (κ2) is 13.5. The molecule has 0 saturated heterocycles. The molecule has 0 fully saturated rings. The summed E-state index contributed by atoms with van der Waals surface area (Å²) in [5.74, 6) is -5.81. The van der Waals surface area contributed by atoms with E-state index in [1.165, 1.54) is 31.2 Å². The van der Waals surface area contributed by atoms with E-state index in [0.717, 1.165) is 0 Å². The topological polar surface area (TPSA) is 257 Å². The molecule has 0 heterocycles. The van der Waals surface area contributed by atoms with Crippen LogP contribution in [-0.2, 0) is 35.2 Å². The molecular weight excluding hydrogens is 464 g/mol. The summed E-state index contributed by atoms with van der Waals surface area (Å²) in [6, 6.07) is 0.280. The van der Waals surface area contributed by atoms with Crippen molar-refractivity contribution >= 4 is 35.5 Å². The zero-order valence-corrected chi connectivity index (χ0v) is 19.0. The van der Waals surface area contributed by atoms with Gasteiger partial charge in [0.25, 0.3) is 0 Å². The maximum Gasteiger partial charge on any atom is 0.326 e. The Labute approximate surface area is 200 Å². The molecule has 0 aromatic heterocycles. The molecule has 35 heavy (non-hydrogen) atoms. The number of carbonyl (C=O) groups excluding carboxylic acids is 5. The van der Waals surface area contributed by atoms with Gasteiger partial charge in [-0.25, -0.2) is 4.79 Å². The number of nitrogens with one attached hydrogen (secondary N) is 3. The Morgan fingerprint density at radius 3 is 1.83 bits per heavy atom. The van der Waals surface area contributed by atoms with Gasteiger partial charge in [-0.05, 0) is 31.0 Å². The van der Waals surface area contributed by atoms with Crippen LogP contribution in [0.5, 0.6) is 5.75 Å². The van der Waals surface area contributed by atoms with Crippen molar-refractivity contribution < 1.29 is 39.0 Å². The molecule has 1 aromatic rings. The van der Waals surface area contributed by atoms with Gasteiger partial charge in [0.2, 0.25) is 29.5 Å². The molecule has 4 atom stereocenters. The molecule has 0 saturated carbocycles. The molecule has 1 rings (SSSR count). The van der Waals surface area contributed by atoms with Crippen LogP contribution >= 0.6 is 0 Å². The van der Waals surface area contributed by atoms with Crippen LogP contribution in [0.2, 0.25) is 0 Å². The third kappa shape index (κ3) is 10.5. The molecule has 1 aromatic carbocycles. The number of carboxylic acid groups (broad SMARTS) is 1. The number of amides is 5. The third-order valence-corrected chi connectivity index (χ3v) is 4.75. The number of phenolic OH excluding ortho intramolecular Hbond substituents is 1.